The van der Waals surface area contributed by atoms with Crippen LogP contribution in [0.1, 0.15) is 50.8 Å². The second kappa shape index (κ2) is 6.79. The van der Waals surface area contributed by atoms with E-state index in [1.807, 2.05) is 19.9 Å². The molecule has 0 N–H and O–H groups in total. The predicted octanol–water partition coefficient (Wildman–Crippen LogP) is 4.11. The summed E-state index contributed by atoms with van der Waals surface area (Å²) in [6, 6.07) is 1.92. The maximum Gasteiger partial charge on any atom is 0.270 e. The van der Waals surface area contributed by atoms with Crippen molar-refractivity contribution in [1.82, 2.24) is 8.94 Å². The summed E-state index contributed by atoms with van der Waals surface area (Å²) in [6.07, 6.45) is 4.22. The summed E-state index contributed by atoms with van der Waals surface area (Å²) in [5, 5.41) is 0.665. The highest BCUT2D eigenvalue weighted by atomic mass is 32.1. The van der Waals surface area contributed by atoms with Crippen LogP contribution >= 0.6 is 11.5 Å². The van der Waals surface area contributed by atoms with E-state index < -0.39 is 0 Å². The van der Waals surface area contributed by atoms with Gasteiger partial charge in [0.1, 0.15) is 4.83 Å². The normalized spacial score (nSPS) is 24.4. The first-order chi connectivity index (χ1) is 11.4. The largest absolute Gasteiger partial charge is 0.298 e. The van der Waals surface area contributed by atoms with Crippen molar-refractivity contribution in [2.75, 3.05) is 0 Å². The number of hydrogen-bond donors (Lipinski definition) is 0. The van der Waals surface area contributed by atoms with Gasteiger partial charge in [0.15, 0.2) is 5.78 Å². The fourth-order valence-electron chi connectivity index (χ4n) is 4.00. The molecule has 3 atom stereocenters. The van der Waals surface area contributed by atoms with Gasteiger partial charge in [-0.1, -0.05) is 26.7 Å². The summed E-state index contributed by atoms with van der Waals surface area (Å²) in [5.74, 6) is 1.92. The second-order valence-corrected chi connectivity index (χ2v) is 8.47. The van der Waals surface area contributed by atoms with Crippen LogP contribution in [0.15, 0.2) is 10.9 Å². The SMILES string of the molecule is Cc1cc(C)c2c(=O)n(CC(=O)CC3CCCC(C)C3C)sc2n1. The smallest absolute Gasteiger partial charge is 0.270 e. The van der Waals surface area contributed by atoms with Gasteiger partial charge in [0.05, 0.1) is 11.9 Å². The molecular formula is C19H26N2O2S. The molecular weight excluding hydrogens is 320 g/mol. The summed E-state index contributed by atoms with van der Waals surface area (Å²) in [7, 11) is 0. The Balaban J connectivity index is 1.77. The van der Waals surface area contributed by atoms with Gasteiger partial charge in [-0.25, -0.2) is 4.98 Å². The van der Waals surface area contributed by atoms with Crippen LogP contribution in [0, 0.1) is 31.6 Å². The van der Waals surface area contributed by atoms with Gasteiger partial charge in [0.2, 0.25) is 0 Å². The van der Waals surface area contributed by atoms with E-state index in [1.54, 1.807) is 3.96 Å². The van der Waals surface area contributed by atoms with E-state index in [9.17, 15) is 9.59 Å². The molecule has 1 aliphatic rings. The van der Waals surface area contributed by atoms with Crippen LogP contribution in [0.2, 0.25) is 0 Å². The monoisotopic (exact) mass is 346 g/mol. The Morgan fingerprint density at radius 3 is 2.83 bits per heavy atom. The van der Waals surface area contributed by atoms with E-state index in [-0.39, 0.29) is 17.9 Å². The van der Waals surface area contributed by atoms with Crippen LogP contribution in [0.25, 0.3) is 10.2 Å². The maximum atomic E-state index is 12.6. The molecule has 2 aromatic rings. The van der Waals surface area contributed by atoms with Gasteiger partial charge >= 0.3 is 0 Å². The molecule has 5 heteroatoms. The molecule has 1 fully saturated rings. The number of fused-ring (bicyclic) bond motifs is 1. The third-order valence-corrected chi connectivity index (χ3v) is 6.62. The van der Waals surface area contributed by atoms with Crippen LogP contribution in [-0.4, -0.2) is 14.7 Å². The highest BCUT2D eigenvalue weighted by Crippen LogP contribution is 2.36. The lowest BCUT2D eigenvalue weighted by Gasteiger charge is -2.33. The van der Waals surface area contributed by atoms with E-state index in [2.05, 4.69) is 18.8 Å². The van der Waals surface area contributed by atoms with Crippen molar-refractivity contribution in [3.8, 4) is 0 Å². The average molecular weight is 346 g/mol. The zero-order valence-corrected chi connectivity index (χ0v) is 15.8. The standard InChI is InChI=1S/C19H26N2O2S/c1-11-6-5-7-15(14(11)4)9-16(22)10-21-19(23)17-12(2)8-13(3)20-18(17)24-21/h8,11,14-15H,5-7,9-10H2,1-4H3. The molecule has 24 heavy (non-hydrogen) atoms. The lowest BCUT2D eigenvalue weighted by molar-refractivity contribution is -0.121. The maximum absolute atomic E-state index is 12.6. The number of aromatic nitrogens is 2. The van der Waals surface area contributed by atoms with E-state index in [4.69, 9.17) is 0 Å². The molecule has 0 amide bonds. The van der Waals surface area contributed by atoms with E-state index in [0.717, 1.165) is 22.5 Å². The number of ketones is 1. The van der Waals surface area contributed by atoms with E-state index >= 15 is 0 Å². The molecule has 0 radical (unpaired) electrons. The molecule has 0 saturated heterocycles. The molecule has 0 aliphatic heterocycles. The molecule has 3 rings (SSSR count). The Labute approximate surface area is 147 Å². The van der Waals surface area contributed by atoms with Crippen LogP contribution in [0.4, 0.5) is 0 Å². The Hall–Kier alpha value is -1.49. The zero-order chi connectivity index (χ0) is 17.4. The van der Waals surface area contributed by atoms with Gasteiger partial charge in [-0.05, 0) is 61.2 Å². The first-order valence-electron chi connectivity index (χ1n) is 8.86. The molecule has 0 aromatic carbocycles. The Bertz CT molecular complexity index is 821. The Morgan fingerprint density at radius 1 is 1.33 bits per heavy atom. The third-order valence-electron chi connectivity index (χ3n) is 5.63. The van der Waals surface area contributed by atoms with Crippen molar-refractivity contribution in [1.29, 1.82) is 0 Å². The third kappa shape index (κ3) is 3.32. The number of rotatable bonds is 4. The lowest BCUT2D eigenvalue weighted by atomic mass is 9.72. The van der Waals surface area contributed by atoms with Crippen molar-refractivity contribution in [2.45, 2.75) is 59.9 Å². The highest BCUT2D eigenvalue weighted by Gasteiger charge is 2.28. The molecule has 130 valence electrons. The van der Waals surface area contributed by atoms with Crippen molar-refractivity contribution < 1.29 is 4.79 Å². The predicted molar refractivity (Wildman–Crippen MR) is 98.6 cm³/mol. The average Bonchev–Trinajstić information content (AvgIpc) is 2.80. The van der Waals surface area contributed by atoms with Crippen LogP contribution in [0.3, 0.4) is 0 Å². The molecule has 0 spiro atoms. The Kier molecular flexibility index (Phi) is 4.90. The Morgan fingerprint density at radius 2 is 2.08 bits per heavy atom. The first kappa shape index (κ1) is 17.3. The number of hydrogen-bond acceptors (Lipinski definition) is 4. The second-order valence-electron chi connectivity index (χ2n) is 7.46. The summed E-state index contributed by atoms with van der Waals surface area (Å²) in [4.78, 5) is 30.3. The van der Waals surface area contributed by atoms with Gasteiger partial charge in [-0.15, -0.1) is 0 Å². The summed E-state index contributed by atoms with van der Waals surface area (Å²) >= 11 is 1.32. The number of carbonyl (C=O) groups excluding carboxylic acids is 1. The molecule has 2 heterocycles. The molecule has 0 bridgehead atoms. The number of Topliss-reactive ketones (excluding diaryl/α,β-unsaturated/α-hetero) is 1. The number of pyridine rings is 1. The van der Waals surface area contributed by atoms with Gasteiger partial charge < -0.3 is 0 Å². The van der Waals surface area contributed by atoms with Crippen molar-refractivity contribution in [2.24, 2.45) is 17.8 Å². The van der Waals surface area contributed by atoms with E-state index in [0.29, 0.717) is 29.6 Å². The van der Waals surface area contributed by atoms with Gasteiger partial charge in [-0.3, -0.25) is 13.5 Å². The number of aryl methyl sites for hydroxylation is 2. The minimum atomic E-state index is -0.0709. The number of carbonyl (C=O) groups is 1. The summed E-state index contributed by atoms with van der Waals surface area (Å²) in [5.41, 5.74) is 1.78. The minimum absolute atomic E-state index is 0.0709. The number of nitrogens with zero attached hydrogens (tertiary/aromatic N) is 2. The molecule has 1 saturated carbocycles. The topological polar surface area (TPSA) is 52.0 Å². The summed E-state index contributed by atoms with van der Waals surface area (Å²) < 4.78 is 1.59. The van der Waals surface area contributed by atoms with Gasteiger partial charge in [0, 0.05) is 12.1 Å². The van der Waals surface area contributed by atoms with Crippen LogP contribution in [0.5, 0.6) is 0 Å². The van der Waals surface area contributed by atoms with Crippen LogP contribution in [-0.2, 0) is 11.3 Å². The minimum Gasteiger partial charge on any atom is -0.298 e. The molecule has 1 aliphatic carbocycles. The highest BCUT2D eigenvalue weighted by molar-refractivity contribution is 7.13. The fourth-order valence-corrected chi connectivity index (χ4v) is 5.12. The molecule has 4 nitrogen and oxygen atoms in total. The summed E-state index contributed by atoms with van der Waals surface area (Å²) in [6.45, 7) is 8.61. The van der Waals surface area contributed by atoms with Gasteiger partial charge in [0.25, 0.3) is 5.56 Å². The zero-order valence-electron chi connectivity index (χ0n) is 15.0. The lowest BCUT2D eigenvalue weighted by Crippen LogP contribution is -2.28. The quantitative estimate of drug-likeness (QED) is 0.837. The van der Waals surface area contributed by atoms with E-state index in [1.165, 1.54) is 24.4 Å². The van der Waals surface area contributed by atoms with Crippen molar-refractivity contribution >= 4 is 27.5 Å². The van der Waals surface area contributed by atoms with Crippen LogP contribution < -0.4 is 5.56 Å². The first-order valence-corrected chi connectivity index (χ1v) is 9.64. The molecule has 3 unspecified atom stereocenters. The van der Waals surface area contributed by atoms with Gasteiger partial charge in [-0.2, -0.15) is 0 Å². The molecule has 2 aromatic heterocycles. The van der Waals surface area contributed by atoms with Crippen molar-refractivity contribution in [3.63, 3.8) is 0 Å². The van der Waals surface area contributed by atoms with Crippen molar-refractivity contribution in [3.05, 3.63) is 27.7 Å². The fraction of sp³-hybridized carbons (Fsp3) is 0.632.